The molecule has 1 fully saturated rings. The maximum atomic E-state index is 14.0. The van der Waals surface area contributed by atoms with Gasteiger partial charge in [-0.25, -0.2) is 4.39 Å². The van der Waals surface area contributed by atoms with E-state index in [2.05, 4.69) is 10.1 Å². The van der Waals surface area contributed by atoms with Crippen LogP contribution in [0.2, 0.25) is 0 Å². The lowest BCUT2D eigenvalue weighted by Crippen LogP contribution is -2.24. The fraction of sp³-hybridized carbons (Fsp3) is 0.318. The normalized spacial score (nSPS) is 15.7. The first-order valence-corrected chi connectivity index (χ1v) is 9.77. The van der Waals surface area contributed by atoms with E-state index < -0.39 is 5.82 Å². The highest BCUT2D eigenvalue weighted by molar-refractivity contribution is 5.97. The van der Waals surface area contributed by atoms with Crippen molar-refractivity contribution in [3.8, 4) is 34.4 Å². The van der Waals surface area contributed by atoms with Crippen LogP contribution in [0.4, 0.5) is 10.1 Å². The van der Waals surface area contributed by atoms with Gasteiger partial charge in [-0.3, -0.25) is 4.79 Å². The molecular formula is C22H22FN3O6. The van der Waals surface area contributed by atoms with Gasteiger partial charge in [0, 0.05) is 30.7 Å². The lowest BCUT2D eigenvalue weighted by Gasteiger charge is -2.20. The Hall–Kier alpha value is -3.82. The van der Waals surface area contributed by atoms with E-state index in [9.17, 15) is 9.18 Å². The Kier molecular flexibility index (Phi) is 5.85. The Labute approximate surface area is 183 Å². The summed E-state index contributed by atoms with van der Waals surface area (Å²) in [4.78, 5) is 18.8. The first-order chi connectivity index (χ1) is 15.5. The number of aromatic nitrogens is 2. The van der Waals surface area contributed by atoms with Crippen molar-refractivity contribution in [1.29, 1.82) is 0 Å². The van der Waals surface area contributed by atoms with Crippen molar-refractivity contribution in [1.82, 2.24) is 10.1 Å². The largest absolute Gasteiger partial charge is 0.494 e. The van der Waals surface area contributed by atoms with Gasteiger partial charge in [-0.2, -0.15) is 4.98 Å². The van der Waals surface area contributed by atoms with E-state index in [4.69, 9.17) is 23.5 Å². The fourth-order valence-corrected chi connectivity index (χ4v) is 3.67. The van der Waals surface area contributed by atoms with E-state index in [0.717, 1.165) is 0 Å². The van der Waals surface area contributed by atoms with Crippen LogP contribution in [0.3, 0.4) is 0 Å². The smallest absolute Gasteiger partial charge is 0.232 e. The maximum Gasteiger partial charge on any atom is 0.232 e. The van der Waals surface area contributed by atoms with Gasteiger partial charge in [0.15, 0.2) is 23.1 Å². The van der Waals surface area contributed by atoms with Crippen LogP contribution >= 0.6 is 0 Å². The van der Waals surface area contributed by atoms with Crippen molar-refractivity contribution >= 4 is 11.6 Å². The van der Waals surface area contributed by atoms with Gasteiger partial charge in [0.1, 0.15) is 0 Å². The van der Waals surface area contributed by atoms with Crippen molar-refractivity contribution in [2.45, 2.75) is 12.3 Å². The molecule has 9 nitrogen and oxygen atoms in total. The standard InChI is InChI=1S/C22H22FN3O6/c1-28-16-6-5-12(7-15(16)23)21-24-22(32-25-21)13-8-19(27)26(11-13)14-9-17(29-2)20(31-4)18(10-14)30-3/h5-7,9-10,13H,8,11H2,1-4H3. The third-order valence-corrected chi connectivity index (χ3v) is 5.29. The minimum atomic E-state index is -0.527. The van der Waals surface area contributed by atoms with Crippen LogP contribution in [-0.4, -0.2) is 51.0 Å². The fourth-order valence-electron chi connectivity index (χ4n) is 3.67. The number of ether oxygens (including phenoxy) is 4. The lowest BCUT2D eigenvalue weighted by molar-refractivity contribution is -0.117. The first kappa shape index (κ1) is 21.4. The summed E-state index contributed by atoms with van der Waals surface area (Å²) in [5.41, 5.74) is 1.05. The van der Waals surface area contributed by atoms with Gasteiger partial charge >= 0.3 is 0 Å². The van der Waals surface area contributed by atoms with E-state index >= 15 is 0 Å². The van der Waals surface area contributed by atoms with Gasteiger partial charge in [0.25, 0.3) is 0 Å². The lowest BCUT2D eigenvalue weighted by atomic mass is 10.1. The minimum absolute atomic E-state index is 0.112. The molecular weight excluding hydrogens is 421 g/mol. The number of amides is 1. The van der Waals surface area contributed by atoms with Crippen LogP contribution in [0.15, 0.2) is 34.9 Å². The van der Waals surface area contributed by atoms with E-state index in [-0.39, 0.29) is 29.8 Å². The molecule has 2 heterocycles. The van der Waals surface area contributed by atoms with Gasteiger partial charge in [-0.1, -0.05) is 5.16 Å². The summed E-state index contributed by atoms with van der Waals surface area (Å²) in [5, 5.41) is 3.95. The van der Waals surface area contributed by atoms with Crippen LogP contribution in [-0.2, 0) is 4.79 Å². The molecule has 10 heteroatoms. The van der Waals surface area contributed by atoms with Crippen molar-refractivity contribution in [3.63, 3.8) is 0 Å². The number of benzene rings is 2. The number of rotatable bonds is 7. The van der Waals surface area contributed by atoms with Crippen LogP contribution in [0, 0.1) is 5.82 Å². The van der Waals surface area contributed by atoms with E-state index in [0.29, 0.717) is 40.9 Å². The summed E-state index contributed by atoms with van der Waals surface area (Å²) in [6.45, 7) is 0.329. The molecule has 1 aromatic heterocycles. The molecule has 4 rings (SSSR count). The quantitative estimate of drug-likeness (QED) is 0.548. The summed E-state index contributed by atoms with van der Waals surface area (Å²) in [6, 6.07) is 7.82. The molecule has 0 radical (unpaired) electrons. The molecule has 2 aromatic carbocycles. The molecule has 3 aromatic rings. The van der Waals surface area contributed by atoms with Gasteiger partial charge in [0.05, 0.1) is 40.0 Å². The number of halogens is 1. The molecule has 1 unspecified atom stereocenters. The highest BCUT2D eigenvalue weighted by atomic mass is 19.1. The number of hydrogen-bond donors (Lipinski definition) is 0. The molecule has 1 aliphatic heterocycles. The van der Waals surface area contributed by atoms with E-state index in [1.165, 1.54) is 40.6 Å². The molecule has 168 valence electrons. The summed E-state index contributed by atoms with van der Waals surface area (Å²) in [6.07, 6.45) is 0.190. The monoisotopic (exact) mass is 443 g/mol. The number of carbonyl (C=O) groups excluding carboxylic acids is 1. The number of anilines is 1. The van der Waals surface area contributed by atoms with Crippen LogP contribution in [0.25, 0.3) is 11.4 Å². The molecule has 0 aliphatic carbocycles. The average molecular weight is 443 g/mol. The Morgan fingerprint density at radius 3 is 2.28 bits per heavy atom. The summed E-state index contributed by atoms with van der Waals surface area (Å²) in [5.74, 6) is 1.04. The van der Waals surface area contributed by atoms with Crippen molar-refractivity contribution in [2.75, 3.05) is 39.9 Å². The molecule has 0 bridgehead atoms. The van der Waals surface area contributed by atoms with Gasteiger partial charge < -0.3 is 28.4 Å². The Morgan fingerprint density at radius 1 is 1.00 bits per heavy atom. The molecule has 1 aliphatic rings. The van der Waals surface area contributed by atoms with Crippen LogP contribution < -0.4 is 23.8 Å². The van der Waals surface area contributed by atoms with Crippen LogP contribution in [0.1, 0.15) is 18.2 Å². The average Bonchev–Trinajstić information content (AvgIpc) is 3.45. The number of carbonyl (C=O) groups is 1. The van der Waals surface area contributed by atoms with E-state index in [1.54, 1.807) is 23.1 Å². The van der Waals surface area contributed by atoms with Gasteiger partial charge in [-0.05, 0) is 18.2 Å². The summed E-state index contributed by atoms with van der Waals surface area (Å²) in [7, 11) is 5.93. The Bertz CT molecular complexity index is 1120. The first-order valence-electron chi connectivity index (χ1n) is 9.77. The summed E-state index contributed by atoms with van der Waals surface area (Å²) >= 11 is 0. The van der Waals surface area contributed by atoms with Crippen molar-refractivity contribution < 1.29 is 32.7 Å². The third-order valence-electron chi connectivity index (χ3n) is 5.29. The molecule has 0 saturated carbocycles. The second kappa shape index (κ2) is 8.74. The Balaban J connectivity index is 1.58. The maximum absolute atomic E-state index is 14.0. The second-order valence-electron chi connectivity index (χ2n) is 7.09. The molecule has 1 amide bonds. The second-order valence-corrected chi connectivity index (χ2v) is 7.09. The van der Waals surface area contributed by atoms with Crippen molar-refractivity contribution in [3.05, 3.63) is 42.0 Å². The third kappa shape index (κ3) is 3.79. The number of nitrogens with zero attached hydrogens (tertiary/aromatic N) is 3. The summed E-state index contributed by atoms with van der Waals surface area (Å²) < 4.78 is 40.4. The topological polar surface area (TPSA) is 96.2 Å². The van der Waals surface area contributed by atoms with Gasteiger partial charge in [-0.15, -0.1) is 0 Å². The predicted molar refractivity (Wildman–Crippen MR) is 112 cm³/mol. The van der Waals surface area contributed by atoms with Gasteiger partial charge in [0.2, 0.25) is 23.4 Å². The SMILES string of the molecule is COc1ccc(-c2noc(C3CC(=O)N(c4cc(OC)c(OC)c(OC)c4)C3)n2)cc1F. The zero-order valence-electron chi connectivity index (χ0n) is 18.0. The highest BCUT2D eigenvalue weighted by Crippen LogP contribution is 2.43. The highest BCUT2D eigenvalue weighted by Gasteiger charge is 2.36. The molecule has 0 spiro atoms. The zero-order chi connectivity index (χ0) is 22.8. The molecule has 1 saturated heterocycles. The predicted octanol–water partition coefficient (Wildman–Crippen LogP) is 3.43. The number of methoxy groups -OCH3 is 4. The van der Waals surface area contributed by atoms with Crippen molar-refractivity contribution in [2.24, 2.45) is 0 Å². The van der Waals surface area contributed by atoms with Crippen LogP contribution in [0.5, 0.6) is 23.0 Å². The molecule has 32 heavy (non-hydrogen) atoms. The molecule has 1 atom stereocenters. The van der Waals surface area contributed by atoms with E-state index in [1.807, 2.05) is 0 Å². The molecule has 0 N–H and O–H groups in total. The number of hydrogen-bond acceptors (Lipinski definition) is 8. The Morgan fingerprint density at radius 2 is 1.69 bits per heavy atom. The minimum Gasteiger partial charge on any atom is -0.494 e. The zero-order valence-corrected chi connectivity index (χ0v) is 18.0.